The van der Waals surface area contributed by atoms with Crippen molar-refractivity contribution in [1.82, 2.24) is 14.7 Å². The molecule has 0 atom stereocenters. The summed E-state index contributed by atoms with van der Waals surface area (Å²) in [6.45, 7) is 8.27. The van der Waals surface area contributed by atoms with Gasteiger partial charge in [0.2, 0.25) is 0 Å². The minimum Gasteiger partial charge on any atom is -0.361 e. The number of aryl methyl sites for hydroxylation is 3. The Hall–Kier alpha value is -1.86. The third-order valence-electron chi connectivity index (χ3n) is 4.94. The summed E-state index contributed by atoms with van der Waals surface area (Å²) in [6, 6.07) is 0. The van der Waals surface area contributed by atoms with Crippen molar-refractivity contribution >= 4 is 33.3 Å². The van der Waals surface area contributed by atoms with Crippen LogP contribution in [0.1, 0.15) is 40.3 Å². The molecule has 0 N–H and O–H groups in total. The van der Waals surface area contributed by atoms with Crippen molar-refractivity contribution in [1.29, 1.82) is 0 Å². The molecule has 1 aliphatic carbocycles. The molecular formula is C19H21N3O2S2. The predicted molar refractivity (Wildman–Crippen MR) is 106 cm³/mol. The zero-order valence-electron chi connectivity index (χ0n) is 15.0. The Morgan fingerprint density at radius 3 is 2.96 bits per heavy atom. The minimum atomic E-state index is 0.0152. The third kappa shape index (κ3) is 2.93. The highest BCUT2D eigenvalue weighted by atomic mass is 32.2. The number of aromatic nitrogens is 3. The van der Waals surface area contributed by atoms with E-state index in [4.69, 9.17) is 9.51 Å². The number of thiophene rings is 1. The van der Waals surface area contributed by atoms with Gasteiger partial charge < -0.3 is 4.52 Å². The van der Waals surface area contributed by atoms with Crippen LogP contribution in [0.25, 0.3) is 10.2 Å². The second kappa shape index (κ2) is 7.04. The van der Waals surface area contributed by atoms with Gasteiger partial charge in [0.25, 0.3) is 5.56 Å². The van der Waals surface area contributed by atoms with Crippen LogP contribution in [0, 0.1) is 13.8 Å². The van der Waals surface area contributed by atoms with E-state index < -0.39 is 0 Å². The summed E-state index contributed by atoms with van der Waals surface area (Å²) in [5.41, 5.74) is 3.29. The molecule has 3 heterocycles. The first-order valence-corrected chi connectivity index (χ1v) is 10.6. The molecule has 0 saturated carbocycles. The van der Waals surface area contributed by atoms with Gasteiger partial charge in [-0.25, -0.2) is 4.98 Å². The molecule has 136 valence electrons. The van der Waals surface area contributed by atoms with Gasteiger partial charge >= 0.3 is 0 Å². The van der Waals surface area contributed by atoms with Gasteiger partial charge in [-0.3, -0.25) is 9.36 Å². The van der Waals surface area contributed by atoms with Crippen molar-refractivity contribution in [2.75, 3.05) is 0 Å². The van der Waals surface area contributed by atoms with Crippen molar-refractivity contribution in [3.05, 3.63) is 50.5 Å². The molecular weight excluding hydrogens is 366 g/mol. The average molecular weight is 388 g/mol. The molecule has 0 bridgehead atoms. The Morgan fingerprint density at radius 1 is 1.35 bits per heavy atom. The Kier molecular flexibility index (Phi) is 4.75. The lowest BCUT2D eigenvalue weighted by Crippen LogP contribution is -2.22. The number of rotatable bonds is 5. The van der Waals surface area contributed by atoms with E-state index in [9.17, 15) is 4.79 Å². The molecule has 0 fully saturated rings. The maximum Gasteiger partial charge on any atom is 0.263 e. The molecule has 3 aromatic rings. The summed E-state index contributed by atoms with van der Waals surface area (Å²) in [6.07, 6.45) is 6.11. The molecule has 1 aliphatic rings. The molecule has 0 unspecified atom stereocenters. The maximum atomic E-state index is 13.0. The molecule has 0 amide bonds. The summed E-state index contributed by atoms with van der Waals surface area (Å²) in [5, 5.41) is 5.72. The van der Waals surface area contributed by atoms with Crippen molar-refractivity contribution in [3.63, 3.8) is 0 Å². The van der Waals surface area contributed by atoms with Crippen LogP contribution in [-0.2, 0) is 25.1 Å². The molecule has 4 rings (SSSR count). The number of hydrogen-bond donors (Lipinski definition) is 0. The summed E-state index contributed by atoms with van der Waals surface area (Å²) in [5.74, 6) is 1.69. The first-order chi connectivity index (χ1) is 12.6. The van der Waals surface area contributed by atoms with Crippen molar-refractivity contribution in [3.8, 4) is 0 Å². The molecule has 0 spiro atoms. The van der Waals surface area contributed by atoms with Crippen molar-refractivity contribution in [2.24, 2.45) is 0 Å². The number of thioether (sulfide) groups is 1. The highest BCUT2D eigenvalue weighted by Crippen LogP contribution is 2.31. The average Bonchev–Trinajstić information content (AvgIpc) is 3.17. The fraction of sp³-hybridized carbons (Fsp3) is 0.421. The molecule has 26 heavy (non-hydrogen) atoms. The van der Waals surface area contributed by atoms with E-state index in [1.165, 1.54) is 18.4 Å². The molecule has 7 heteroatoms. The Labute approximate surface area is 160 Å². The van der Waals surface area contributed by atoms with E-state index in [-0.39, 0.29) is 5.56 Å². The van der Waals surface area contributed by atoms with Crippen LogP contribution in [0.5, 0.6) is 0 Å². The maximum absolute atomic E-state index is 13.0. The van der Waals surface area contributed by atoms with E-state index in [0.29, 0.717) is 12.3 Å². The van der Waals surface area contributed by atoms with Gasteiger partial charge in [0.15, 0.2) is 5.16 Å². The van der Waals surface area contributed by atoms with Gasteiger partial charge in [-0.1, -0.05) is 23.0 Å². The summed E-state index contributed by atoms with van der Waals surface area (Å²) >= 11 is 3.13. The van der Waals surface area contributed by atoms with Crippen LogP contribution in [0.2, 0.25) is 0 Å². The van der Waals surface area contributed by atoms with Crippen LogP contribution < -0.4 is 5.56 Å². The van der Waals surface area contributed by atoms with Crippen LogP contribution in [0.15, 0.2) is 27.1 Å². The predicted octanol–water partition coefficient (Wildman–Crippen LogP) is 4.42. The second-order valence-electron chi connectivity index (χ2n) is 6.59. The van der Waals surface area contributed by atoms with Gasteiger partial charge in [-0.05, 0) is 38.7 Å². The third-order valence-corrected chi connectivity index (χ3v) is 7.02. The van der Waals surface area contributed by atoms with Gasteiger partial charge in [0.1, 0.15) is 10.6 Å². The van der Waals surface area contributed by atoms with Crippen molar-refractivity contribution in [2.45, 2.75) is 57.0 Å². The lowest BCUT2D eigenvalue weighted by molar-refractivity contribution is 0.369. The van der Waals surface area contributed by atoms with Crippen LogP contribution in [0.3, 0.4) is 0 Å². The van der Waals surface area contributed by atoms with Crippen LogP contribution in [0.4, 0.5) is 0 Å². The van der Waals surface area contributed by atoms with E-state index >= 15 is 0 Å². The zero-order valence-corrected chi connectivity index (χ0v) is 16.6. The normalized spacial score (nSPS) is 13.9. The summed E-state index contributed by atoms with van der Waals surface area (Å²) < 4.78 is 7.21. The lowest BCUT2D eigenvalue weighted by Gasteiger charge is -2.11. The summed E-state index contributed by atoms with van der Waals surface area (Å²) in [7, 11) is 0. The smallest absolute Gasteiger partial charge is 0.263 e. The SMILES string of the molecule is C=CCn1c(SCc2noc3c2CCCC3)nc2sc(C)c(C)c2c1=O. The number of fused-ring (bicyclic) bond motifs is 2. The topological polar surface area (TPSA) is 60.9 Å². The van der Waals surface area contributed by atoms with E-state index in [2.05, 4.69) is 11.7 Å². The fourth-order valence-electron chi connectivity index (χ4n) is 3.40. The van der Waals surface area contributed by atoms with E-state index in [1.54, 1.807) is 33.7 Å². The molecule has 0 aliphatic heterocycles. The molecule has 0 saturated heterocycles. The number of hydrogen-bond acceptors (Lipinski definition) is 6. The Bertz CT molecular complexity index is 1050. The van der Waals surface area contributed by atoms with Gasteiger partial charge in [-0.2, -0.15) is 0 Å². The van der Waals surface area contributed by atoms with Crippen LogP contribution in [-0.4, -0.2) is 14.7 Å². The first-order valence-electron chi connectivity index (χ1n) is 8.80. The van der Waals surface area contributed by atoms with Crippen LogP contribution >= 0.6 is 23.1 Å². The van der Waals surface area contributed by atoms with E-state index in [1.807, 2.05) is 13.8 Å². The lowest BCUT2D eigenvalue weighted by atomic mass is 9.97. The molecule has 0 aromatic carbocycles. The fourth-order valence-corrected chi connectivity index (χ4v) is 5.44. The zero-order chi connectivity index (χ0) is 18.3. The molecule has 3 aromatic heterocycles. The molecule has 5 nitrogen and oxygen atoms in total. The summed E-state index contributed by atoms with van der Waals surface area (Å²) in [4.78, 5) is 19.7. The highest BCUT2D eigenvalue weighted by Gasteiger charge is 2.21. The minimum absolute atomic E-state index is 0.0152. The van der Waals surface area contributed by atoms with E-state index in [0.717, 1.165) is 50.1 Å². The largest absolute Gasteiger partial charge is 0.361 e. The monoisotopic (exact) mass is 387 g/mol. The number of allylic oxidation sites excluding steroid dienone is 1. The standard InChI is InChI=1S/C19H21N3O2S2/c1-4-9-22-18(23)16-11(2)12(3)26-17(16)20-19(22)25-10-14-13-7-5-6-8-15(13)24-21-14/h4H,1,5-10H2,2-3H3. The van der Waals surface area contributed by atoms with Gasteiger partial charge in [-0.15, -0.1) is 17.9 Å². The quantitative estimate of drug-likeness (QED) is 0.368. The van der Waals surface area contributed by atoms with Gasteiger partial charge in [0, 0.05) is 29.2 Å². The highest BCUT2D eigenvalue weighted by molar-refractivity contribution is 7.98. The molecule has 0 radical (unpaired) electrons. The van der Waals surface area contributed by atoms with Crippen molar-refractivity contribution < 1.29 is 4.52 Å². The number of nitrogens with zero attached hydrogens (tertiary/aromatic N) is 3. The Balaban J connectivity index is 1.71. The Morgan fingerprint density at radius 2 is 2.15 bits per heavy atom. The first kappa shape index (κ1) is 17.5. The van der Waals surface area contributed by atoms with Gasteiger partial charge in [0.05, 0.1) is 11.1 Å². The second-order valence-corrected chi connectivity index (χ2v) is 8.73.